The molecule has 0 bridgehead atoms. The van der Waals surface area contributed by atoms with Gasteiger partial charge in [-0.15, -0.1) is 0 Å². The number of hydrogen-bond donors (Lipinski definition) is 1. The van der Waals surface area contributed by atoms with Crippen molar-refractivity contribution in [3.63, 3.8) is 0 Å². The van der Waals surface area contributed by atoms with Crippen molar-refractivity contribution in [3.8, 4) is 0 Å². The van der Waals surface area contributed by atoms with E-state index in [1.807, 2.05) is 0 Å². The van der Waals surface area contributed by atoms with E-state index >= 15 is 0 Å². The first-order chi connectivity index (χ1) is 7.23. The van der Waals surface area contributed by atoms with Crippen LogP contribution in [0.2, 0.25) is 0 Å². The predicted molar refractivity (Wildman–Crippen MR) is 56.7 cm³/mol. The average Bonchev–Trinajstić information content (AvgIpc) is 3.03. The second kappa shape index (κ2) is 4.52. The molecule has 0 aromatic carbocycles. The summed E-state index contributed by atoms with van der Waals surface area (Å²) in [4.78, 5) is 11.3. The van der Waals surface area contributed by atoms with Gasteiger partial charge >= 0.3 is 5.97 Å². The largest absolute Gasteiger partial charge is 0.479 e. The SMILES string of the molecule is O=C(O)C1(OCC2CC2)CCCCCC1. The minimum Gasteiger partial charge on any atom is -0.479 e. The van der Waals surface area contributed by atoms with Crippen LogP contribution in [-0.4, -0.2) is 23.3 Å². The van der Waals surface area contributed by atoms with Crippen LogP contribution in [0, 0.1) is 5.92 Å². The van der Waals surface area contributed by atoms with Crippen LogP contribution in [0.5, 0.6) is 0 Å². The van der Waals surface area contributed by atoms with Gasteiger partial charge in [0.1, 0.15) is 0 Å². The molecule has 3 nitrogen and oxygen atoms in total. The molecule has 1 N–H and O–H groups in total. The molecule has 3 heteroatoms. The van der Waals surface area contributed by atoms with Gasteiger partial charge < -0.3 is 9.84 Å². The van der Waals surface area contributed by atoms with Crippen LogP contribution >= 0.6 is 0 Å². The molecule has 0 aromatic heterocycles. The first-order valence-corrected chi connectivity index (χ1v) is 6.10. The van der Waals surface area contributed by atoms with E-state index in [2.05, 4.69) is 0 Å². The summed E-state index contributed by atoms with van der Waals surface area (Å²) in [6.45, 7) is 0.659. The van der Waals surface area contributed by atoms with E-state index in [0.29, 0.717) is 25.4 Å². The van der Waals surface area contributed by atoms with Gasteiger partial charge in [0, 0.05) is 0 Å². The van der Waals surface area contributed by atoms with Gasteiger partial charge in [0.15, 0.2) is 5.60 Å². The number of carbonyl (C=O) groups is 1. The van der Waals surface area contributed by atoms with E-state index in [4.69, 9.17) is 4.74 Å². The van der Waals surface area contributed by atoms with E-state index < -0.39 is 11.6 Å². The minimum atomic E-state index is -0.848. The smallest absolute Gasteiger partial charge is 0.335 e. The van der Waals surface area contributed by atoms with E-state index in [1.54, 1.807) is 0 Å². The fourth-order valence-electron chi connectivity index (χ4n) is 2.28. The Kier molecular flexibility index (Phi) is 3.29. The van der Waals surface area contributed by atoms with Crippen LogP contribution in [0.15, 0.2) is 0 Å². The maximum Gasteiger partial charge on any atom is 0.335 e. The summed E-state index contributed by atoms with van der Waals surface area (Å²) in [5, 5.41) is 9.32. The molecule has 2 fully saturated rings. The van der Waals surface area contributed by atoms with Gasteiger partial charge in [-0.3, -0.25) is 0 Å². The lowest BCUT2D eigenvalue weighted by atomic mass is 9.94. The molecule has 2 aliphatic rings. The molecule has 0 aromatic rings. The van der Waals surface area contributed by atoms with Gasteiger partial charge in [0.05, 0.1) is 6.61 Å². The summed E-state index contributed by atoms with van der Waals surface area (Å²) < 4.78 is 5.74. The topological polar surface area (TPSA) is 46.5 Å². The average molecular weight is 212 g/mol. The Balaban J connectivity index is 1.95. The molecule has 2 aliphatic carbocycles. The molecule has 86 valence electrons. The van der Waals surface area contributed by atoms with Gasteiger partial charge in [-0.25, -0.2) is 4.79 Å². The van der Waals surface area contributed by atoms with E-state index in [0.717, 1.165) is 25.7 Å². The number of carboxylic acid groups (broad SMARTS) is 1. The first-order valence-electron chi connectivity index (χ1n) is 6.10. The van der Waals surface area contributed by atoms with Crippen LogP contribution < -0.4 is 0 Å². The standard InChI is InChI=1S/C12H20O3/c13-11(14)12(15-9-10-5-6-10)7-3-1-2-4-8-12/h10H,1-9H2,(H,13,14). The molecule has 0 unspecified atom stereocenters. The van der Waals surface area contributed by atoms with Crippen molar-refractivity contribution in [1.29, 1.82) is 0 Å². The Morgan fingerprint density at radius 3 is 2.27 bits per heavy atom. The molecule has 0 aliphatic heterocycles. The lowest BCUT2D eigenvalue weighted by Crippen LogP contribution is -2.41. The second-order valence-corrected chi connectivity index (χ2v) is 4.97. The Bertz CT molecular complexity index is 225. The van der Waals surface area contributed by atoms with E-state index in [9.17, 15) is 9.90 Å². The number of carboxylic acids is 1. The number of hydrogen-bond acceptors (Lipinski definition) is 2. The number of aliphatic carboxylic acids is 1. The summed E-state index contributed by atoms with van der Waals surface area (Å²) in [5.74, 6) is -0.102. The van der Waals surface area contributed by atoms with Gasteiger partial charge in [0.25, 0.3) is 0 Å². The lowest BCUT2D eigenvalue weighted by Gasteiger charge is -2.28. The number of rotatable bonds is 4. The van der Waals surface area contributed by atoms with Gasteiger partial charge in [-0.05, 0) is 44.4 Å². The van der Waals surface area contributed by atoms with Gasteiger partial charge in [-0.2, -0.15) is 0 Å². The van der Waals surface area contributed by atoms with Crippen LogP contribution in [0.4, 0.5) is 0 Å². The van der Waals surface area contributed by atoms with Crippen molar-refractivity contribution >= 4 is 5.97 Å². The van der Waals surface area contributed by atoms with Crippen molar-refractivity contribution in [3.05, 3.63) is 0 Å². The van der Waals surface area contributed by atoms with E-state index in [1.165, 1.54) is 12.8 Å². The maximum atomic E-state index is 11.3. The molecular weight excluding hydrogens is 192 g/mol. The normalized spacial score (nSPS) is 25.9. The third-order valence-corrected chi connectivity index (χ3v) is 3.59. The van der Waals surface area contributed by atoms with Crippen molar-refractivity contribution in [2.45, 2.75) is 57.0 Å². The maximum absolute atomic E-state index is 11.3. The highest BCUT2D eigenvalue weighted by atomic mass is 16.5. The van der Waals surface area contributed by atoms with Crippen LogP contribution in [0.1, 0.15) is 51.4 Å². The molecule has 0 radical (unpaired) electrons. The van der Waals surface area contributed by atoms with Crippen molar-refractivity contribution in [2.75, 3.05) is 6.61 Å². The summed E-state index contributed by atoms with van der Waals surface area (Å²) in [6, 6.07) is 0. The number of ether oxygens (including phenoxy) is 1. The van der Waals surface area contributed by atoms with Crippen molar-refractivity contribution < 1.29 is 14.6 Å². The van der Waals surface area contributed by atoms with Crippen LogP contribution in [-0.2, 0) is 9.53 Å². The lowest BCUT2D eigenvalue weighted by molar-refractivity contribution is -0.168. The van der Waals surface area contributed by atoms with Crippen LogP contribution in [0.3, 0.4) is 0 Å². The highest BCUT2D eigenvalue weighted by Crippen LogP contribution is 2.35. The second-order valence-electron chi connectivity index (χ2n) is 4.97. The predicted octanol–water partition coefficient (Wildman–Crippen LogP) is 2.59. The Morgan fingerprint density at radius 1 is 1.20 bits per heavy atom. The molecule has 2 saturated carbocycles. The minimum absolute atomic E-state index is 0.643. The third kappa shape index (κ3) is 2.71. The Hall–Kier alpha value is -0.570. The summed E-state index contributed by atoms with van der Waals surface area (Å²) in [7, 11) is 0. The molecule has 0 atom stereocenters. The summed E-state index contributed by atoms with van der Waals surface area (Å²) in [5.41, 5.74) is -0.848. The zero-order valence-electron chi connectivity index (χ0n) is 9.21. The molecule has 0 spiro atoms. The monoisotopic (exact) mass is 212 g/mol. The molecule has 0 amide bonds. The quantitative estimate of drug-likeness (QED) is 0.728. The highest BCUT2D eigenvalue weighted by molar-refractivity contribution is 5.77. The molecular formula is C12H20O3. The molecule has 0 heterocycles. The zero-order chi connectivity index (χ0) is 10.7. The fraction of sp³-hybridized carbons (Fsp3) is 0.917. The fourth-order valence-corrected chi connectivity index (χ4v) is 2.28. The molecule has 0 saturated heterocycles. The highest BCUT2D eigenvalue weighted by Gasteiger charge is 2.41. The Morgan fingerprint density at radius 2 is 1.80 bits per heavy atom. The Labute approximate surface area is 90.8 Å². The van der Waals surface area contributed by atoms with Gasteiger partial charge in [0.2, 0.25) is 0 Å². The zero-order valence-corrected chi connectivity index (χ0v) is 9.21. The third-order valence-electron chi connectivity index (χ3n) is 3.59. The van der Waals surface area contributed by atoms with Crippen molar-refractivity contribution in [2.24, 2.45) is 5.92 Å². The van der Waals surface area contributed by atoms with Crippen molar-refractivity contribution in [1.82, 2.24) is 0 Å². The van der Waals surface area contributed by atoms with Gasteiger partial charge in [-0.1, -0.05) is 12.8 Å². The summed E-state index contributed by atoms with van der Waals surface area (Å²) in [6.07, 6.45) is 8.15. The van der Waals surface area contributed by atoms with E-state index in [-0.39, 0.29) is 0 Å². The molecule has 2 rings (SSSR count). The van der Waals surface area contributed by atoms with Crippen LogP contribution in [0.25, 0.3) is 0 Å². The summed E-state index contributed by atoms with van der Waals surface area (Å²) >= 11 is 0. The first kappa shape index (κ1) is 10.9. The molecule has 15 heavy (non-hydrogen) atoms.